The minimum Gasteiger partial charge on any atom is -0.375 e. The molecule has 2 aliphatic heterocycles. The van der Waals surface area contributed by atoms with Crippen molar-refractivity contribution in [1.82, 2.24) is 20.0 Å². The summed E-state index contributed by atoms with van der Waals surface area (Å²) in [6, 6.07) is 0. The highest BCUT2D eigenvalue weighted by atomic mass is 32.1. The molecule has 2 aromatic heterocycles. The lowest BCUT2D eigenvalue weighted by atomic mass is 9.78. The van der Waals surface area contributed by atoms with Gasteiger partial charge in [-0.15, -0.1) is 11.3 Å². The van der Waals surface area contributed by atoms with Crippen molar-refractivity contribution in [3.8, 4) is 0 Å². The third-order valence-electron chi connectivity index (χ3n) is 5.46. The third-order valence-corrected chi connectivity index (χ3v) is 6.04. The van der Waals surface area contributed by atoms with Gasteiger partial charge in [0.2, 0.25) is 0 Å². The fourth-order valence-electron chi connectivity index (χ4n) is 4.06. The molecule has 4 rings (SSSR count). The van der Waals surface area contributed by atoms with Crippen molar-refractivity contribution in [2.24, 2.45) is 5.92 Å². The van der Waals surface area contributed by atoms with Gasteiger partial charge in [-0.1, -0.05) is 5.16 Å². The van der Waals surface area contributed by atoms with Crippen molar-refractivity contribution < 1.29 is 18.8 Å². The summed E-state index contributed by atoms with van der Waals surface area (Å²) in [5.41, 5.74) is 2.10. The summed E-state index contributed by atoms with van der Waals surface area (Å²) in [6.45, 7) is 2.51. The molecule has 146 valence electrons. The summed E-state index contributed by atoms with van der Waals surface area (Å²) in [5, 5.41) is 5.87. The summed E-state index contributed by atoms with van der Waals surface area (Å²) in [6.07, 6.45) is 4.48. The van der Waals surface area contributed by atoms with Crippen LogP contribution in [0, 0.1) is 5.92 Å². The fourth-order valence-corrected chi connectivity index (χ4v) is 4.59. The predicted molar refractivity (Wildman–Crippen MR) is 97.4 cm³/mol. The molecule has 1 amide bonds. The summed E-state index contributed by atoms with van der Waals surface area (Å²) in [4.78, 5) is 22.9. The van der Waals surface area contributed by atoms with E-state index in [-0.39, 0.29) is 11.5 Å². The van der Waals surface area contributed by atoms with E-state index in [1.54, 1.807) is 12.6 Å². The van der Waals surface area contributed by atoms with Gasteiger partial charge in [-0.25, -0.2) is 4.98 Å². The number of amides is 1. The molecule has 0 aliphatic carbocycles. The second-order valence-corrected chi connectivity index (χ2v) is 8.02. The minimum absolute atomic E-state index is 0.0240. The first-order valence-corrected chi connectivity index (χ1v) is 10.2. The van der Waals surface area contributed by atoms with Gasteiger partial charge in [-0.3, -0.25) is 4.79 Å². The Hall–Kier alpha value is -1.84. The molecule has 1 atom stereocenters. The molecule has 8 nitrogen and oxygen atoms in total. The van der Waals surface area contributed by atoms with Crippen LogP contribution in [0.15, 0.2) is 15.4 Å². The van der Waals surface area contributed by atoms with Gasteiger partial charge in [0.25, 0.3) is 11.8 Å². The molecule has 0 N–H and O–H groups in total. The van der Waals surface area contributed by atoms with Gasteiger partial charge in [0, 0.05) is 38.6 Å². The van der Waals surface area contributed by atoms with Crippen molar-refractivity contribution in [1.29, 1.82) is 0 Å². The molecule has 0 aromatic carbocycles. The summed E-state index contributed by atoms with van der Waals surface area (Å²) in [7, 11) is 1.61. The van der Waals surface area contributed by atoms with E-state index in [9.17, 15) is 4.79 Å². The molecule has 2 saturated heterocycles. The molecular weight excluding hydrogens is 368 g/mol. The molecule has 2 aliphatic rings. The quantitative estimate of drug-likeness (QED) is 0.771. The SMILES string of the molecule is COCc1nc(CC2CCOC3(CCN(C(=O)c4cscn4)CC3)C2)no1. The van der Waals surface area contributed by atoms with Gasteiger partial charge in [0.1, 0.15) is 12.3 Å². The number of hydrogen-bond acceptors (Lipinski definition) is 8. The largest absolute Gasteiger partial charge is 0.375 e. The van der Waals surface area contributed by atoms with Crippen LogP contribution in [0.1, 0.15) is 47.9 Å². The van der Waals surface area contributed by atoms with Gasteiger partial charge >= 0.3 is 0 Å². The number of rotatable bonds is 5. The van der Waals surface area contributed by atoms with Crippen molar-refractivity contribution in [2.75, 3.05) is 26.8 Å². The van der Waals surface area contributed by atoms with Crippen LogP contribution in [0.3, 0.4) is 0 Å². The first kappa shape index (κ1) is 18.5. The number of hydrogen-bond donors (Lipinski definition) is 0. The number of likely N-dealkylation sites (tertiary alicyclic amines) is 1. The third kappa shape index (κ3) is 4.20. The Morgan fingerprint density at radius 3 is 3.04 bits per heavy atom. The second kappa shape index (κ2) is 8.04. The van der Waals surface area contributed by atoms with Crippen molar-refractivity contribution >= 4 is 17.2 Å². The Balaban J connectivity index is 1.33. The van der Waals surface area contributed by atoms with Crippen LogP contribution in [0.4, 0.5) is 0 Å². The van der Waals surface area contributed by atoms with Crippen LogP contribution in [0.5, 0.6) is 0 Å². The first-order chi connectivity index (χ1) is 13.2. The number of carbonyl (C=O) groups excluding carboxylic acids is 1. The molecule has 1 unspecified atom stereocenters. The Bertz CT molecular complexity index is 755. The number of thiazole rings is 1. The van der Waals surface area contributed by atoms with E-state index in [2.05, 4.69) is 15.1 Å². The molecule has 2 aromatic rings. The van der Waals surface area contributed by atoms with Crippen LogP contribution >= 0.6 is 11.3 Å². The Morgan fingerprint density at radius 2 is 2.30 bits per heavy atom. The van der Waals surface area contributed by atoms with E-state index in [1.165, 1.54) is 11.3 Å². The van der Waals surface area contributed by atoms with Crippen LogP contribution in [0.2, 0.25) is 0 Å². The highest BCUT2D eigenvalue weighted by Gasteiger charge is 2.41. The molecule has 0 radical (unpaired) electrons. The normalized spacial score (nSPS) is 22.3. The molecule has 0 bridgehead atoms. The van der Waals surface area contributed by atoms with E-state index in [1.807, 2.05) is 10.3 Å². The lowest BCUT2D eigenvalue weighted by molar-refractivity contribution is -0.123. The highest BCUT2D eigenvalue weighted by molar-refractivity contribution is 7.07. The van der Waals surface area contributed by atoms with E-state index in [4.69, 9.17) is 14.0 Å². The minimum atomic E-state index is -0.138. The molecule has 0 saturated carbocycles. The number of piperidine rings is 1. The fraction of sp³-hybridized carbons (Fsp3) is 0.667. The van der Waals surface area contributed by atoms with Crippen molar-refractivity contribution in [3.05, 3.63) is 28.3 Å². The number of aromatic nitrogens is 3. The monoisotopic (exact) mass is 392 g/mol. The zero-order valence-corrected chi connectivity index (χ0v) is 16.2. The molecular formula is C18H24N4O4S. The van der Waals surface area contributed by atoms with Gasteiger partial charge in [0.05, 0.1) is 11.1 Å². The standard InChI is InChI=1S/C18H24N4O4S/c1-24-10-16-20-15(21-26-16)8-13-2-7-25-18(9-13)3-5-22(6-4-18)17(23)14-11-27-12-19-14/h11-13H,2-10H2,1H3. The zero-order chi connectivity index (χ0) is 18.7. The molecule has 2 fully saturated rings. The Morgan fingerprint density at radius 1 is 1.44 bits per heavy atom. The topological polar surface area (TPSA) is 90.6 Å². The number of nitrogens with zero attached hydrogens (tertiary/aromatic N) is 4. The molecule has 9 heteroatoms. The van der Waals surface area contributed by atoms with E-state index in [0.717, 1.165) is 44.5 Å². The predicted octanol–water partition coefficient (Wildman–Crippen LogP) is 2.32. The van der Waals surface area contributed by atoms with Crippen molar-refractivity contribution in [2.45, 2.75) is 44.3 Å². The van der Waals surface area contributed by atoms with E-state index < -0.39 is 0 Å². The summed E-state index contributed by atoms with van der Waals surface area (Å²) < 4.78 is 16.4. The highest BCUT2D eigenvalue weighted by Crippen LogP contribution is 2.38. The van der Waals surface area contributed by atoms with Gasteiger partial charge < -0.3 is 18.9 Å². The van der Waals surface area contributed by atoms with Crippen LogP contribution < -0.4 is 0 Å². The number of ether oxygens (including phenoxy) is 2. The van der Waals surface area contributed by atoms with Gasteiger partial charge in [-0.05, 0) is 31.6 Å². The Labute approximate surface area is 161 Å². The average Bonchev–Trinajstić information content (AvgIpc) is 3.35. The summed E-state index contributed by atoms with van der Waals surface area (Å²) in [5.74, 6) is 1.74. The van der Waals surface area contributed by atoms with Crippen molar-refractivity contribution in [3.63, 3.8) is 0 Å². The molecule has 4 heterocycles. The zero-order valence-electron chi connectivity index (χ0n) is 15.4. The number of carbonyl (C=O) groups is 1. The molecule has 1 spiro atoms. The lowest BCUT2D eigenvalue weighted by Gasteiger charge is -2.46. The lowest BCUT2D eigenvalue weighted by Crippen LogP contribution is -2.51. The van der Waals surface area contributed by atoms with Gasteiger partial charge in [0.15, 0.2) is 5.82 Å². The summed E-state index contributed by atoms with van der Waals surface area (Å²) >= 11 is 1.45. The smallest absolute Gasteiger partial charge is 0.273 e. The maximum Gasteiger partial charge on any atom is 0.273 e. The first-order valence-electron chi connectivity index (χ1n) is 9.29. The second-order valence-electron chi connectivity index (χ2n) is 7.30. The van der Waals surface area contributed by atoms with E-state index in [0.29, 0.717) is 37.2 Å². The van der Waals surface area contributed by atoms with Crippen LogP contribution in [-0.4, -0.2) is 58.3 Å². The Kier molecular flexibility index (Phi) is 5.51. The maximum absolute atomic E-state index is 12.5. The van der Waals surface area contributed by atoms with Crippen LogP contribution in [-0.2, 0) is 22.5 Å². The maximum atomic E-state index is 12.5. The van der Waals surface area contributed by atoms with Crippen LogP contribution in [0.25, 0.3) is 0 Å². The average molecular weight is 392 g/mol. The molecule has 27 heavy (non-hydrogen) atoms. The van der Waals surface area contributed by atoms with Gasteiger partial charge in [-0.2, -0.15) is 4.98 Å². The number of methoxy groups -OCH3 is 1. The van der Waals surface area contributed by atoms with E-state index >= 15 is 0 Å².